The van der Waals surface area contributed by atoms with Gasteiger partial charge in [0.2, 0.25) is 0 Å². The summed E-state index contributed by atoms with van der Waals surface area (Å²) in [5, 5.41) is -0.435. The molecular weight excluding hydrogens is 390 g/mol. The first kappa shape index (κ1) is 19.8. The number of hydrogen-bond donors (Lipinski definition) is 1. The molecule has 0 saturated carbocycles. The predicted octanol–water partition coefficient (Wildman–Crippen LogP) is 5.43. The van der Waals surface area contributed by atoms with Gasteiger partial charge in [-0.3, -0.25) is 4.79 Å². The van der Waals surface area contributed by atoms with Crippen molar-refractivity contribution in [2.75, 3.05) is 0 Å². The highest BCUT2D eigenvalue weighted by Crippen LogP contribution is 2.45. The summed E-state index contributed by atoms with van der Waals surface area (Å²) in [5.41, 5.74) is 2.10. The Bertz CT molecular complexity index is 913. The number of hydrogen-bond acceptors (Lipinski definition) is 1. The predicted molar refractivity (Wildman–Crippen MR) is 91.2 cm³/mol. The maximum Gasteiger partial charge on any atom is 0.417 e. The van der Waals surface area contributed by atoms with Gasteiger partial charge in [-0.25, -0.2) is 0 Å². The lowest BCUT2D eigenvalue weighted by molar-refractivity contribution is -0.142. The quantitative estimate of drug-likeness (QED) is 0.523. The monoisotopic (exact) mass is 408 g/mol. The molecule has 10 heteroatoms. The number of halogens is 6. The Labute approximate surface area is 152 Å². The molecule has 27 heavy (non-hydrogen) atoms. The van der Waals surface area contributed by atoms with Crippen LogP contribution < -0.4 is 5.73 Å². The third-order valence-corrected chi connectivity index (χ3v) is 8.37. The molecule has 2 N–H and O–H groups in total. The zero-order chi connectivity index (χ0) is 20.4. The molecule has 2 aromatic rings. The van der Waals surface area contributed by atoms with Crippen molar-refractivity contribution in [2.24, 2.45) is 5.73 Å². The van der Waals surface area contributed by atoms with Crippen LogP contribution in [0.15, 0.2) is 18.2 Å². The maximum atomic E-state index is 13.4. The Morgan fingerprint density at radius 2 is 1.74 bits per heavy atom. The van der Waals surface area contributed by atoms with Crippen LogP contribution in [0.4, 0.5) is 26.3 Å². The van der Waals surface area contributed by atoms with E-state index in [0.29, 0.717) is 18.5 Å². The van der Waals surface area contributed by atoms with Crippen molar-refractivity contribution in [3.63, 3.8) is 0 Å². The first-order valence-corrected chi connectivity index (χ1v) is 11.8. The summed E-state index contributed by atoms with van der Waals surface area (Å²) in [5.74, 6) is -0.959. The lowest BCUT2D eigenvalue weighted by Crippen LogP contribution is -2.23. The molecule has 0 radical (unpaired) electrons. The molecule has 1 unspecified atom stereocenters. The molecule has 3 rings (SSSR count). The van der Waals surface area contributed by atoms with Gasteiger partial charge in [0.25, 0.3) is 5.91 Å². The zero-order valence-electron chi connectivity index (χ0n) is 14.6. The van der Waals surface area contributed by atoms with Crippen LogP contribution in [-0.2, 0) is 12.4 Å². The minimum Gasteiger partial charge on any atom is -0.364 e. The highest BCUT2D eigenvalue weighted by Gasteiger charge is 2.41. The molecule has 1 aliphatic heterocycles. The molecule has 1 atom stereocenters. The Kier molecular flexibility index (Phi) is 4.41. The summed E-state index contributed by atoms with van der Waals surface area (Å²) in [6.45, 7) is 4.20. The second-order valence-electron chi connectivity index (χ2n) is 7.78. The van der Waals surface area contributed by atoms with Crippen molar-refractivity contribution in [1.82, 2.24) is 4.57 Å². The molecule has 2 heterocycles. The van der Waals surface area contributed by atoms with Crippen LogP contribution in [-0.4, -0.2) is 18.5 Å². The van der Waals surface area contributed by atoms with Gasteiger partial charge in [0.05, 0.1) is 16.6 Å². The molecule has 1 saturated heterocycles. The average molecular weight is 408 g/mol. The van der Waals surface area contributed by atoms with Crippen LogP contribution in [0.2, 0.25) is 25.2 Å². The Hall–Kier alpha value is -1.97. The van der Waals surface area contributed by atoms with E-state index in [1.165, 1.54) is 4.57 Å². The van der Waals surface area contributed by atoms with Crippen molar-refractivity contribution >= 4 is 24.9 Å². The fourth-order valence-electron chi connectivity index (χ4n) is 3.93. The van der Waals surface area contributed by atoms with Crippen molar-refractivity contribution < 1.29 is 31.1 Å². The highest BCUT2D eigenvalue weighted by molar-refractivity contribution is 6.78. The first-order valence-electron chi connectivity index (χ1n) is 8.34. The molecular formula is C17H18F6N2OSi. The molecule has 1 aromatic carbocycles. The number of carbonyl (C=O) groups is 1. The Balaban J connectivity index is 2.36. The van der Waals surface area contributed by atoms with Crippen molar-refractivity contribution in [3.05, 3.63) is 35.0 Å². The summed E-state index contributed by atoms with van der Waals surface area (Å²) in [6, 6.07) is 2.94. The van der Waals surface area contributed by atoms with Crippen LogP contribution in [0.1, 0.15) is 34.1 Å². The Morgan fingerprint density at radius 3 is 2.19 bits per heavy atom. The van der Waals surface area contributed by atoms with Crippen molar-refractivity contribution in [3.8, 4) is 0 Å². The largest absolute Gasteiger partial charge is 0.417 e. The lowest BCUT2D eigenvalue weighted by atomic mass is 10.0. The normalized spacial score (nSPS) is 20.4. The highest BCUT2D eigenvalue weighted by atomic mass is 28.3. The van der Waals surface area contributed by atoms with E-state index in [-0.39, 0.29) is 23.3 Å². The van der Waals surface area contributed by atoms with Crippen LogP contribution >= 0.6 is 0 Å². The number of rotatable bonds is 2. The fourth-order valence-corrected chi connectivity index (χ4v) is 6.91. The SMILES string of the molecule is C[Si]1(C)CCC(n2c(C(N)=O)cc3c(C(F)(F)F)cc(C(F)(F)F)cc32)C1. The molecule has 0 spiro atoms. The number of aromatic nitrogens is 1. The number of primary amides is 1. The number of nitrogens with two attached hydrogens (primary N) is 1. The molecule has 0 aliphatic carbocycles. The number of fused-ring (bicyclic) bond motifs is 1. The maximum absolute atomic E-state index is 13.4. The summed E-state index contributed by atoms with van der Waals surface area (Å²) < 4.78 is 81.3. The van der Waals surface area contributed by atoms with E-state index in [4.69, 9.17) is 5.73 Å². The summed E-state index contributed by atoms with van der Waals surface area (Å²) in [4.78, 5) is 11.9. The fraction of sp³-hybridized carbons (Fsp3) is 0.471. The number of nitrogens with zero attached hydrogens (tertiary/aromatic N) is 1. The van der Waals surface area contributed by atoms with E-state index in [0.717, 1.165) is 12.1 Å². The minimum atomic E-state index is -5.00. The first-order chi connectivity index (χ1) is 12.2. The molecule has 148 valence electrons. The van der Waals surface area contributed by atoms with Crippen LogP contribution in [0.25, 0.3) is 10.9 Å². The van der Waals surface area contributed by atoms with Gasteiger partial charge in [-0.1, -0.05) is 19.1 Å². The summed E-state index contributed by atoms with van der Waals surface area (Å²) in [7, 11) is -1.62. The van der Waals surface area contributed by atoms with Gasteiger partial charge in [-0.2, -0.15) is 26.3 Å². The van der Waals surface area contributed by atoms with Gasteiger partial charge in [0.1, 0.15) is 5.69 Å². The molecule has 1 amide bonds. The van der Waals surface area contributed by atoms with Crippen molar-refractivity contribution in [2.45, 2.75) is 50.0 Å². The lowest BCUT2D eigenvalue weighted by Gasteiger charge is -2.20. The molecule has 1 aromatic heterocycles. The van der Waals surface area contributed by atoms with Crippen LogP contribution in [0.3, 0.4) is 0 Å². The van der Waals surface area contributed by atoms with Gasteiger partial charge in [0.15, 0.2) is 0 Å². The number of amides is 1. The molecule has 1 fully saturated rings. The topological polar surface area (TPSA) is 48.0 Å². The van der Waals surface area contributed by atoms with Gasteiger partial charge in [-0.05, 0) is 30.7 Å². The third kappa shape index (κ3) is 3.58. The van der Waals surface area contributed by atoms with E-state index < -0.39 is 42.8 Å². The number of carbonyl (C=O) groups excluding carboxylic acids is 1. The van der Waals surface area contributed by atoms with Crippen LogP contribution in [0.5, 0.6) is 0 Å². The van der Waals surface area contributed by atoms with Gasteiger partial charge < -0.3 is 10.3 Å². The number of benzene rings is 1. The number of alkyl halides is 6. The van der Waals surface area contributed by atoms with E-state index >= 15 is 0 Å². The van der Waals surface area contributed by atoms with Gasteiger partial charge in [-0.15, -0.1) is 0 Å². The average Bonchev–Trinajstić information content (AvgIpc) is 3.03. The van der Waals surface area contributed by atoms with E-state index in [9.17, 15) is 31.1 Å². The molecule has 1 aliphatic rings. The van der Waals surface area contributed by atoms with Gasteiger partial charge >= 0.3 is 12.4 Å². The molecule has 3 nitrogen and oxygen atoms in total. The third-order valence-electron chi connectivity index (χ3n) is 5.15. The van der Waals surface area contributed by atoms with Crippen molar-refractivity contribution in [1.29, 1.82) is 0 Å². The summed E-state index contributed by atoms with van der Waals surface area (Å²) in [6.07, 6.45) is -9.34. The summed E-state index contributed by atoms with van der Waals surface area (Å²) >= 11 is 0. The van der Waals surface area contributed by atoms with Gasteiger partial charge in [0, 0.05) is 19.5 Å². The second kappa shape index (κ2) is 6.01. The standard InChI is InChI=1S/C17H18F6N2OSi/c1-27(2)4-3-10(8-27)25-13-6-9(16(18,19)20)5-12(17(21,22)23)11(13)7-14(25)15(24)26/h5-7,10H,3-4,8H2,1-2H3,(H2,24,26). The van der Waals surface area contributed by atoms with E-state index in [1.807, 2.05) is 0 Å². The van der Waals surface area contributed by atoms with Crippen LogP contribution in [0, 0.1) is 0 Å². The zero-order valence-corrected chi connectivity index (χ0v) is 15.6. The second-order valence-corrected chi connectivity index (χ2v) is 13.0. The smallest absolute Gasteiger partial charge is 0.364 e. The Morgan fingerprint density at radius 1 is 1.11 bits per heavy atom. The van der Waals surface area contributed by atoms with E-state index in [2.05, 4.69) is 13.1 Å². The van der Waals surface area contributed by atoms with E-state index in [1.54, 1.807) is 0 Å². The minimum absolute atomic E-state index is 0.0881. The molecule has 0 bridgehead atoms.